The van der Waals surface area contributed by atoms with Gasteiger partial charge in [0.05, 0.1) is 9.79 Å². The van der Waals surface area contributed by atoms with E-state index in [9.17, 15) is 16.8 Å². The molecule has 28 heavy (non-hydrogen) atoms. The van der Waals surface area contributed by atoms with Gasteiger partial charge in [0.25, 0.3) is 0 Å². The van der Waals surface area contributed by atoms with Crippen molar-refractivity contribution in [3.63, 3.8) is 0 Å². The average Bonchev–Trinajstić information content (AvgIpc) is 2.67. The standard InChI is InChI=1S/C20H28N2O4S2/c1-4-22(5-2)18(15-17-9-7-6-8-10-17)16-21-28(25,26)20-13-11-19(12-14-20)27(3,23)24/h6-14,18,21H,4-5,15-16H2,1-3H3. The van der Waals surface area contributed by atoms with Crippen molar-refractivity contribution in [1.29, 1.82) is 0 Å². The molecule has 2 rings (SSSR count). The van der Waals surface area contributed by atoms with E-state index in [1.165, 1.54) is 24.3 Å². The van der Waals surface area contributed by atoms with Gasteiger partial charge in [-0.15, -0.1) is 0 Å². The van der Waals surface area contributed by atoms with Crippen LogP contribution < -0.4 is 4.72 Å². The largest absolute Gasteiger partial charge is 0.299 e. The number of nitrogens with one attached hydrogen (secondary N) is 1. The molecule has 0 saturated carbocycles. The fraction of sp³-hybridized carbons (Fsp3) is 0.400. The molecule has 0 saturated heterocycles. The number of nitrogens with zero attached hydrogens (tertiary/aromatic N) is 1. The predicted octanol–water partition coefficient (Wildman–Crippen LogP) is 2.32. The fourth-order valence-electron chi connectivity index (χ4n) is 3.11. The van der Waals surface area contributed by atoms with Gasteiger partial charge in [-0.05, 0) is 49.3 Å². The van der Waals surface area contributed by atoms with Crippen molar-refractivity contribution in [3.05, 3.63) is 60.2 Å². The first-order chi connectivity index (χ1) is 13.2. The SMILES string of the molecule is CCN(CC)C(CNS(=O)(=O)c1ccc(S(C)(=O)=O)cc1)Cc1ccccc1. The quantitative estimate of drug-likeness (QED) is 0.633. The highest BCUT2D eigenvalue weighted by atomic mass is 32.2. The molecule has 6 nitrogen and oxygen atoms in total. The molecule has 0 radical (unpaired) electrons. The van der Waals surface area contributed by atoms with Crippen molar-refractivity contribution >= 4 is 19.9 Å². The van der Waals surface area contributed by atoms with E-state index in [1.54, 1.807) is 0 Å². The van der Waals surface area contributed by atoms with E-state index in [0.29, 0.717) is 0 Å². The monoisotopic (exact) mass is 424 g/mol. The summed E-state index contributed by atoms with van der Waals surface area (Å²) in [5.41, 5.74) is 1.15. The maximum atomic E-state index is 12.7. The van der Waals surface area contributed by atoms with Crippen LogP contribution in [0.5, 0.6) is 0 Å². The third-order valence-electron chi connectivity index (χ3n) is 4.71. The lowest BCUT2D eigenvalue weighted by atomic mass is 10.0. The number of rotatable bonds is 10. The lowest BCUT2D eigenvalue weighted by molar-refractivity contribution is 0.216. The average molecular weight is 425 g/mol. The molecule has 0 amide bonds. The van der Waals surface area contributed by atoms with Crippen LogP contribution in [-0.2, 0) is 26.3 Å². The second kappa shape index (κ2) is 9.65. The van der Waals surface area contributed by atoms with E-state index in [1.807, 2.05) is 30.3 Å². The van der Waals surface area contributed by atoms with Gasteiger partial charge in [0.2, 0.25) is 10.0 Å². The lowest BCUT2D eigenvalue weighted by Crippen LogP contribution is -2.45. The van der Waals surface area contributed by atoms with Crippen LogP contribution in [0.4, 0.5) is 0 Å². The number of sulfonamides is 1. The zero-order chi connectivity index (χ0) is 20.8. The summed E-state index contributed by atoms with van der Waals surface area (Å²) < 4.78 is 51.1. The molecule has 1 unspecified atom stereocenters. The number of benzene rings is 2. The molecule has 0 spiro atoms. The summed E-state index contributed by atoms with van der Waals surface area (Å²) in [6.45, 7) is 6.02. The lowest BCUT2D eigenvalue weighted by Gasteiger charge is -2.30. The van der Waals surface area contributed by atoms with Crippen molar-refractivity contribution in [2.24, 2.45) is 0 Å². The molecule has 0 aliphatic carbocycles. The predicted molar refractivity (Wildman–Crippen MR) is 112 cm³/mol. The third kappa shape index (κ3) is 6.13. The Morgan fingerprint density at radius 2 is 1.39 bits per heavy atom. The van der Waals surface area contributed by atoms with E-state index < -0.39 is 19.9 Å². The normalized spacial score (nSPS) is 13.6. The van der Waals surface area contributed by atoms with E-state index in [0.717, 1.165) is 31.3 Å². The van der Waals surface area contributed by atoms with E-state index in [-0.39, 0.29) is 22.4 Å². The second-order valence-electron chi connectivity index (χ2n) is 6.66. The van der Waals surface area contributed by atoms with Gasteiger partial charge in [-0.2, -0.15) is 0 Å². The van der Waals surface area contributed by atoms with E-state index in [2.05, 4.69) is 23.5 Å². The summed E-state index contributed by atoms with van der Waals surface area (Å²) in [6, 6.07) is 15.3. The Hall–Kier alpha value is -1.74. The molecule has 1 atom stereocenters. The number of hydrogen-bond donors (Lipinski definition) is 1. The molecule has 0 aliphatic rings. The Balaban J connectivity index is 2.15. The summed E-state index contributed by atoms with van der Waals surface area (Å²) in [5.74, 6) is 0. The number of likely N-dealkylation sites (N-methyl/N-ethyl adjacent to an activating group) is 1. The van der Waals surface area contributed by atoms with E-state index >= 15 is 0 Å². The Bertz CT molecular complexity index is 953. The Morgan fingerprint density at radius 3 is 1.89 bits per heavy atom. The first kappa shape index (κ1) is 22.5. The highest BCUT2D eigenvalue weighted by Gasteiger charge is 2.21. The molecule has 0 fully saturated rings. The van der Waals surface area contributed by atoms with Gasteiger partial charge in [-0.1, -0.05) is 44.2 Å². The first-order valence-electron chi connectivity index (χ1n) is 9.25. The van der Waals surface area contributed by atoms with Crippen molar-refractivity contribution in [1.82, 2.24) is 9.62 Å². The van der Waals surface area contributed by atoms with Crippen molar-refractivity contribution < 1.29 is 16.8 Å². The van der Waals surface area contributed by atoms with Gasteiger partial charge >= 0.3 is 0 Å². The molecule has 0 heterocycles. The van der Waals surface area contributed by atoms with Crippen LogP contribution >= 0.6 is 0 Å². The smallest absolute Gasteiger partial charge is 0.240 e. The first-order valence-corrected chi connectivity index (χ1v) is 12.6. The van der Waals surface area contributed by atoms with Crippen LogP contribution in [0.2, 0.25) is 0 Å². The maximum Gasteiger partial charge on any atom is 0.240 e. The Labute approximate surface area is 168 Å². The second-order valence-corrected chi connectivity index (χ2v) is 10.4. The molecule has 0 aromatic heterocycles. The summed E-state index contributed by atoms with van der Waals surface area (Å²) in [6.07, 6.45) is 1.82. The van der Waals surface area contributed by atoms with Gasteiger partial charge in [0.15, 0.2) is 9.84 Å². The number of sulfone groups is 1. The molecular weight excluding hydrogens is 396 g/mol. The van der Waals surface area contributed by atoms with Crippen LogP contribution in [-0.4, -0.2) is 53.7 Å². The Morgan fingerprint density at radius 1 is 0.857 bits per heavy atom. The van der Waals surface area contributed by atoms with Gasteiger partial charge < -0.3 is 0 Å². The minimum atomic E-state index is -3.73. The van der Waals surface area contributed by atoms with E-state index in [4.69, 9.17) is 0 Å². The molecule has 154 valence electrons. The zero-order valence-electron chi connectivity index (χ0n) is 16.5. The van der Waals surface area contributed by atoms with Crippen LogP contribution in [0.1, 0.15) is 19.4 Å². The van der Waals surface area contributed by atoms with Gasteiger partial charge in [0.1, 0.15) is 0 Å². The van der Waals surface area contributed by atoms with Gasteiger partial charge in [-0.25, -0.2) is 21.6 Å². The van der Waals surface area contributed by atoms with Gasteiger partial charge in [0, 0.05) is 18.8 Å². The molecule has 2 aromatic rings. The van der Waals surface area contributed by atoms with Crippen LogP contribution in [0, 0.1) is 0 Å². The van der Waals surface area contributed by atoms with Crippen LogP contribution in [0.3, 0.4) is 0 Å². The number of hydrogen-bond acceptors (Lipinski definition) is 5. The minimum Gasteiger partial charge on any atom is -0.299 e. The highest BCUT2D eigenvalue weighted by Crippen LogP contribution is 2.15. The maximum absolute atomic E-state index is 12.7. The molecule has 2 aromatic carbocycles. The molecule has 1 N–H and O–H groups in total. The molecule has 0 aliphatic heterocycles. The van der Waals surface area contributed by atoms with Crippen LogP contribution in [0.25, 0.3) is 0 Å². The zero-order valence-corrected chi connectivity index (χ0v) is 18.1. The highest BCUT2D eigenvalue weighted by molar-refractivity contribution is 7.90. The van der Waals surface area contributed by atoms with Crippen molar-refractivity contribution in [2.75, 3.05) is 25.9 Å². The minimum absolute atomic E-state index is 0.0162. The summed E-state index contributed by atoms with van der Waals surface area (Å²) in [7, 11) is -7.10. The molecule has 8 heteroatoms. The Kier molecular flexibility index (Phi) is 7.77. The molecule has 0 bridgehead atoms. The van der Waals surface area contributed by atoms with Crippen LogP contribution in [0.15, 0.2) is 64.4 Å². The summed E-state index contributed by atoms with van der Waals surface area (Å²) >= 11 is 0. The van der Waals surface area contributed by atoms with Crippen molar-refractivity contribution in [2.45, 2.75) is 36.1 Å². The topological polar surface area (TPSA) is 83.6 Å². The fourth-order valence-corrected chi connectivity index (χ4v) is 4.82. The molecular formula is C20H28N2O4S2. The third-order valence-corrected chi connectivity index (χ3v) is 7.28. The van der Waals surface area contributed by atoms with Gasteiger partial charge in [-0.3, -0.25) is 4.90 Å². The summed E-state index contributed by atoms with van der Waals surface area (Å²) in [4.78, 5) is 2.37. The summed E-state index contributed by atoms with van der Waals surface area (Å²) in [5, 5.41) is 0. The van der Waals surface area contributed by atoms with Crippen molar-refractivity contribution in [3.8, 4) is 0 Å².